The van der Waals surface area contributed by atoms with Crippen molar-refractivity contribution in [3.8, 4) is 11.1 Å². The van der Waals surface area contributed by atoms with Crippen molar-refractivity contribution in [3.05, 3.63) is 41.5 Å². The third kappa shape index (κ3) is 2.88. The van der Waals surface area contributed by atoms with Crippen LogP contribution in [0.25, 0.3) is 27.5 Å². The normalized spacial score (nSPS) is 13.8. The molecule has 4 aromatic heterocycles. The molecule has 2 N–H and O–H groups in total. The van der Waals surface area contributed by atoms with Gasteiger partial charge in [0.05, 0.1) is 0 Å². The number of anilines is 2. The quantitative estimate of drug-likeness (QED) is 0.507. The molecule has 5 rings (SSSR count). The average Bonchev–Trinajstić information content (AvgIpc) is 3.48. The zero-order valence-corrected chi connectivity index (χ0v) is 16.6. The first-order chi connectivity index (χ1) is 13.6. The number of halogens is 1. The van der Waals surface area contributed by atoms with Crippen molar-refractivity contribution < 1.29 is 4.79 Å². The lowest BCUT2D eigenvalue weighted by atomic mass is 10.0. The van der Waals surface area contributed by atoms with E-state index in [2.05, 4.69) is 46.6 Å². The van der Waals surface area contributed by atoms with E-state index >= 15 is 0 Å². The van der Waals surface area contributed by atoms with Crippen molar-refractivity contribution in [2.75, 3.05) is 17.7 Å². The molecule has 1 saturated carbocycles. The lowest BCUT2D eigenvalue weighted by molar-refractivity contribution is -0.117. The molecule has 0 saturated heterocycles. The molecular weight excluding hydrogens is 422 g/mol. The zero-order valence-electron chi connectivity index (χ0n) is 15.0. The molecule has 0 aromatic carbocycles. The van der Waals surface area contributed by atoms with E-state index in [4.69, 9.17) is 0 Å². The van der Waals surface area contributed by atoms with Crippen LogP contribution in [0, 0.1) is 5.92 Å². The number of carbonyl (C=O) groups excluding carboxylic acids is 1. The molecule has 1 aliphatic rings. The third-order valence-corrected chi connectivity index (χ3v) is 5.17. The molecule has 8 nitrogen and oxygen atoms in total. The Morgan fingerprint density at radius 3 is 2.86 bits per heavy atom. The Bertz CT molecular complexity index is 1230. The Kier molecular flexibility index (Phi) is 3.97. The second-order valence-corrected chi connectivity index (χ2v) is 7.43. The first-order valence-electron chi connectivity index (χ1n) is 8.92. The molecule has 0 atom stereocenters. The number of amides is 1. The first-order valence-corrected chi connectivity index (χ1v) is 9.72. The Labute approximate surface area is 168 Å². The molecule has 0 bridgehead atoms. The second kappa shape index (κ2) is 6.52. The highest BCUT2D eigenvalue weighted by Crippen LogP contribution is 2.35. The van der Waals surface area contributed by atoms with Gasteiger partial charge < -0.3 is 10.6 Å². The molecule has 1 amide bonds. The van der Waals surface area contributed by atoms with Gasteiger partial charge in [-0.2, -0.15) is 0 Å². The van der Waals surface area contributed by atoms with E-state index in [1.54, 1.807) is 16.9 Å². The minimum absolute atomic E-state index is 0.0276. The van der Waals surface area contributed by atoms with Crippen molar-refractivity contribution in [2.24, 2.45) is 5.92 Å². The maximum absolute atomic E-state index is 12.2. The Hall–Kier alpha value is -3.07. The van der Waals surface area contributed by atoms with E-state index < -0.39 is 0 Å². The number of rotatable bonds is 4. The lowest BCUT2D eigenvalue weighted by Crippen LogP contribution is -2.14. The summed E-state index contributed by atoms with van der Waals surface area (Å²) in [6.45, 7) is 0. The third-order valence-electron chi connectivity index (χ3n) is 4.83. The molecule has 140 valence electrons. The minimum atomic E-state index is 0.0276. The van der Waals surface area contributed by atoms with Crippen LogP contribution in [0.1, 0.15) is 12.8 Å². The van der Waals surface area contributed by atoms with Gasteiger partial charge in [0.2, 0.25) is 10.6 Å². The standard InChI is InChI=1S/C19H16BrN7O/c1-21-16-14-9-22-15(24-18(28)10-4-5-10)7-12(14)13(8-23-16)11-3-2-6-27-17(11)25-19(20)26-27/h2-3,6-10H,4-5H2,1H3,(H,21,23)(H,22,24,28). The summed E-state index contributed by atoms with van der Waals surface area (Å²) in [4.78, 5) is 25.6. The number of hydrogen-bond donors (Lipinski definition) is 2. The topological polar surface area (TPSA) is 97.1 Å². The van der Waals surface area contributed by atoms with Gasteiger partial charge in [-0.05, 0) is 47.0 Å². The average molecular weight is 438 g/mol. The van der Waals surface area contributed by atoms with Crippen LogP contribution in [0.2, 0.25) is 0 Å². The molecule has 4 aromatic rings. The van der Waals surface area contributed by atoms with Crippen LogP contribution in [0.4, 0.5) is 11.6 Å². The van der Waals surface area contributed by atoms with Gasteiger partial charge in [0.1, 0.15) is 11.6 Å². The largest absolute Gasteiger partial charge is 0.373 e. The van der Waals surface area contributed by atoms with E-state index in [1.165, 1.54) is 0 Å². The summed E-state index contributed by atoms with van der Waals surface area (Å²) < 4.78 is 2.23. The van der Waals surface area contributed by atoms with Gasteiger partial charge >= 0.3 is 0 Å². The predicted molar refractivity (Wildman–Crippen MR) is 110 cm³/mol. The van der Waals surface area contributed by atoms with E-state index in [-0.39, 0.29) is 11.8 Å². The van der Waals surface area contributed by atoms with Crippen LogP contribution < -0.4 is 10.6 Å². The fraction of sp³-hybridized carbons (Fsp3) is 0.211. The number of pyridine rings is 3. The van der Waals surface area contributed by atoms with Gasteiger partial charge in [0.25, 0.3) is 0 Å². The summed E-state index contributed by atoms with van der Waals surface area (Å²) in [5.74, 6) is 1.40. The number of fused-ring (bicyclic) bond motifs is 2. The maximum Gasteiger partial charge on any atom is 0.228 e. The maximum atomic E-state index is 12.2. The van der Waals surface area contributed by atoms with Crippen LogP contribution in [0.15, 0.2) is 41.5 Å². The fourth-order valence-corrected chi connectivity index (χ4v) is 3.62. The SMILES string of the molecule is CNc1ncc(-c2cccn3nc(Br)nc23)c2cc(NC(=O)C3CC3)ncc12. The number of nitrogens with one attached hydrogen (secondary N) is 2. The molecule has 0 radical (unpaired) electrons. The molecule has 9 heteroatoms. The highest BCUT2D eigenvalue weighted by atomic mass is 79.9. The number of aromatic nitrogens is 5. The molecule has 1 aliphatic carbocycles. The van der Waals surface area contributed by atoms with E-state index in [0.717, 1.165) is 46.2 Å². The summed E-state index contributed by atoms with van der Waals surface area (Å²) in [6, 6.07) is 5.79. The van der Waals surface area contributed by atoms with Gasteiger partial charge in [-0.1, -0.05) is 0 Å². The summed E-state index contributed by atoms with van der Waals surface area (Å²) in [6.07, 6.45) is 7.28. The van der Waals surface area contributed by atoms with Crippen LogP contribution >= 0.6 is 15.9 Å². The molecule has 28 heavy (non-hydrogen) atoms. The first kappa shape index (κ1) is 17.1. The number of carbonyl (C=O) groups is 1. The predicted octanol–water partition coefficient (Wildman–Crippen LogP) is 3.49. The molecular formula is C19H16BrN7O. The van der Waals surface area contributed by atoms with Crippen molar-refractivity contribution in [1.29, 1.82) is 0 Å². The number of nitrogens with zero attached hydrogens (tertiary/aromatic N) is 5. The number of hydrogen-bond acceptors (Lipinski definition) is 6. The Morgan fingerprint density at radius 1 is 1.21 bits per heavy atom. The monoisotopic (exact) mass is 437 g/mol. The fourth-order valence-electron chi connectivity index (χ4n) is 3.28. The van der Waals surface area contributed by atoms with E-state index in [0.29, 0.717) is 10.6 Å². The van der Waals surface area contributed by atoms with Crippen molar-refractivity contribution in [3.63, 3.8) is 0 Å². The van der Waals surface area contributed by atoms with Gasteiger partial charge in [-0.25, -0.2) is 19.5 Å². The van der Waals surface area contributed by atoms with Gasteiger partial charge in [-0.3, -0.25) is 4.79 Å². The van der Waals surface area contributed by atoms with Crippen molar-refractivity contribution >= 4 is 49.9 Å². The van der Waals surface area contributed by atoms with Gasteiger partial charge in [0, 0.05) is 53.5 Å². The summed E-state index contributed by atoms with van der Waals surface area (Å²) in [7, 11) is 1.82. The molecule has 4 heterocycles. The van der Waals surface area contributed by atoms with Crippen LogP contribution in [0.3, 0.4) is 0 Å². The Balaban J connectivity index is 1.71. The smallest absolute Gasteiger partial charge is 0.228 e. The zero-order chi connectivity index (χ0) is 19.3. The van der Waals surface area contributed by atoms with Crippen LogP contribution in [-0.4, -0.2) is 37.5 Å². The minimum Gasteiger partial charge on any atom is -0.373 e. The summed E-state index contributed by atoms with van der Waals surface area (Å²) in [5, 5.41) is 12.1. The molecule has 0 aliphatic heterocycles. The molecule has 0 unspecified atom stereocenters. The van der Waals surface area contributed by atoms with Crippen LogP contribution in [-0.2, 0) is 4.79 Å². The van der Waals surface area contributed by atoms with Crippen molar-refractivity contribution in [2.45, 2.75) is 12.8 Å². The van der Waals surface area contributed by atoms with E-state index in [9.17, 15) is 4.79 Å². The van der Waals surface area contributed by atoms with Crippen LogP contribution in [0.5, 0.6) is 0 Å². The summed E-state index contributed by atoms with van der Waals surface area (Å²) in [5.41, 5.74) is 2.51. The highest BCUT2D eigenvalue weighted by molar-refractivity contribution is 9.10. The van der Waals surface area contributed by atoms with Crippen molar-refractivity contribution in [1.82, 2.24) is 24.6 Å². The highest BCUT2D eigenvalue weighted by Gasteiger charge is 2.29. The summed E-state index contributed by atoms with van der Waals surface area (Å²) >= 11 is 3.34. The van der Waals surface area contributed by atoms with E-state index in [1.807, 2.05) is 31.4 Å². The Morgan fingerprint density at radius 2 is 2.07 bits per heavy atom. The lowest BCUT2D eigenvalue weighted by Gasteiger charge is -2.12. The second-order valence-electron chi connectivity index (χ2n) is 6.72. The molecule has 1 fully saturated rings. The van der Waals surface area contributed by atoms with Gasteiger partial charge in [-0.15, -0.1) is 5.10 Å². The molecule has 0 spiro atoms. The van der Waals surface area contributed by atoms with Gasteiger partial charge in [0.15, 0.2) is 5.65 Å².